The van der Waals surface area contributed by atoms with Crippen LogP contribution in [0.3, 0.4) is 0 Å². The Labute approximate surface area is 109 Å². The Kier molecular flexibility index (Phi) is 4.35. The van der Waals surface area contributed by atoms with Gasteiger partial charge < -0.3 is 0 Å². The van der Waals surface area contributed by atoms with Gasteiger partial charge in [-0.05, 0) is 12.5 Å². The summed E-state index contributed by atoms with van der Waals surface area (Å²) in [5, 5.41) is 8.86. The molecule has 5 nitrogen and oxygen atoms in total. The molecule has 6 heteroatoms. The molecule has 0 saturated carbocycles. The van der Waals surface area contributed by atoms with Crippen molar-refractivity contribution in [1.82, 2.24) is 15.2 Å². The van der Waals surface area contributed by atoms with Gasteiger partial charge in [0.05, 0.1) is 5.75 Å². The summed E-state index contributed by atoms with van der Waals surface area (Å²) in [4.78, 5) is 15.4. The van der Waals surface area contributed by atoms with E-state index in [4.69, 9.17) is 0 Å². The maximum absolute atomic E-state index is 11.5. The van der Waals surface area contributed by atoms with Gasteiger partial charge in [0.2, 0.25) is 11.9 Å². The van der Waals surface area contributed by atoms with E-state index < -0.39 is 0 Å². The second-order valence-corrected chi connectivity index (χ2v) is 4.85. The van der Waals surface area contributed by atoms with Gasteiger partial charge in [-0.15, -0.1) is 11.8 Å². The molecular weight excluding hydrogens is 248 g/mol. The van der Waals surface area contributed by atoms with Gasteiger partial charge >= 0.3 is 0 Å². The Morgan fingerprint density at radius 3 is 2.83 bits per heavy atom. The molecule has 0 radical (unpaired) electrons. The number of benzene rings is 1. The third-order valence-corrected chi connectivity index (χ3v) is 3.30. The third kappa shape index (κ3) is 3.89. The van der Waals surface area contributed by atoms with Gasteiger partial charge in [-0.2, -0.15) is 10.1 Å². The number of H-pyrrole nitrogens is 1. The van der Waals surface area contributed by atoms with Crippen LogP contribution in [0.25, 0.3) is 0 Å². The number of nitrogens with zero attached hydrogens (tertiary/aromatic N) is 2. The number of rotatable bonds is 5. The maximum atomic E-state index is 11.5. The number of carbonyl (C=O) groups is 1. The van der Waals surface area contributed by atoms with Crippen LogP contribution in [-0.4, -0.2) is 26.8 Å². The van der Waals surface area contributed by atoms with Crippen LogP contribution in [0, 0.1) is 6.92 Å². The molecule has 0 aliphatic carbocycles. The highest BCUT2D eigenvalue weighted by molar-refractivity contribution is 7.99. The number of aromatic amines is 1. The number of nitrogens with one attached hydrogen (secondary N) is 2. The fraction of sp³-hybridized carbons (Fsp3) is 0.250. The Morgan fingerprint density at radius 1 is 1.39 bits per heavy atom. The number of anilines is 1. The van der Waals surface area contributed by atoms with Crippen molar-refractivity contribution in [3.63, 3.8) is 0 Å². The predicted octanol–water partition coefficient (Wildman–Crippen LogP) is 1.99. The standard InChI is InChI=1S/C12H14N4OS/c1-9-2-4-10(5-3-9)6-18-7-11(17)15-12-13-8-14-16-12/h2-5,8H,6-7H2,1H3,(H2,13,14,15,16,17). The van der Waals surface area contributed by atoms with Gasteiger partial charge in [-0.1, -0.05) is 29.8 Å². The molecule has 1 amide bonds. The molecule has 0 aliphatic heterocycles. The summed E-state index contributed by atoms with van der Waals surface area (Å²) in [5.74, 6) is 1.53. The number of aryl methyl sites for hydroxylation is 1. The zero-order valence-electron chi connectivity index (χ0n) is 10.0. The first-order chi connectivity index (χ1) is 8.74. The van der Waals surface area contributed by atoms with Crippen molar-refractivity contribution in [2.24, 2.45) is 0 Å². The number of aromatic nitrogens is 3. The molecule has 1 heterocycles. The highest BCUT2D eigenvalue weighted by Gasteiger charge is 2.04. The highest BCUT2D eigenvalue weighted by Crippen LogP contribution is 2.13. The lowest BCUT2D eigenvalue weighted by Gasteiger charge is -2.02. The molecule has 0 unspecified atom stereocenters. The van der Waals surface area contributed by atoms with E-state index in [2.05, 4.69) is 51.7 Å². The van der Waals surface area contributed by atoms with Crippen molar-refractivity contribution in [3.8, 4) is 0 Å². The number of amides is 1. The largest absolute Gasteiger partial charge is 0.294 e. The summed E-state index contributed by atoms with van der Waals surface area (Å²) in [5.41, 5.74) is 2.46. The van der Waals surface area contributed by atoms with Crippen molar-refractivity contribution in [2.45, 2.75) is 12.7 Å². The fourth-order valence-electron chi connectivity index (χ4n) is 1.38. The molecule has 0 bridgehead atoms. The minimum Gasteiger partial charge on any atom is -0.294 e. The highest BCUT2D eigenvalue weighted by atomic mass is 32.2. The zero-order valence-corrected chi connectivity index (χ0v) is 10.8. The van der Waals surface area contributed by atoms with Crippen molar-refractivity contribution < 1.29 is 4.79 Å². The molecule has 1 aromatic carbocycles. The third-order valence-electron chi connectivity index (χ3n) is 2.30. The summed E-state index contributed by atoms with van der Waals surface area (Å²) in [6, 6.07) is 8.31. The quantitative estimate of drug-likeness (QED) is 0.864. The van der Waals surface area contributed by atoms with Crippen LogP contribution < -0.4 is 5.32 Å². The van der Waals surface area contributed by atoms with Gasteiger partial charge in [0.15, 0.2) is 0 Å². The first kappa shape index (κ1) is 12.6. The SMILES string of the molecule is Cc1ccc(CSCC(=O)Nc2ncn[nH]2)cc1. The maximum Gasteiger partial charge on any atom is 0.236 e. The first-order valence-corrected chi connectivity index (χ1v) is 6.68. The van der Waals surface area contributed by atoms with Crippen LogP contribution in [0.5, 0.6) is 0 Å². The first-order valence-electron chi connectivity index (χ1n) is 5.52. The monoisotopic (exact) mass is 262 g/mol. The molecule has 94 valence electrons. The minimum absolute atomic E-state index is 0.0798. The molecule has 2 aromatic rings. The van der Waals surface area contributed by atoms with E-state index in [1.165, 1.54) is 17.5 Å². The normalized spacial score (nSPS) is 10.3. The fourth-order valence-corrected chi connectivity index (χ4v) is 2.17. The average Bonchev–Trinajstić information content (AvgIpc) is 2.84. The van der Waals surface area contributed by atoms with Gasteiger partial charge in [-0.25, -0.2) is 5.10 Å². The lowest BCUT2D eigenvalue weighted by Crippen LogP contribution is -2.15. The molecular formula is C12H14N4OS. The van der Waals surface area contributed by atoms with E-state index in [0.29, 0.717) is 11.7 Å². The Balaban J connectivity index is 1.72. The van der Waals surface area contributed by atoms with Gasteiger partial charge in [0.1, 0.15) is 6.33 Å². The molecule has 0 fully saturated rings. The Morgan fingerprint density at radius 2 is 2.17 bits per heavy atom. The Hall–Kier alpha value is -1.82. The molecule has 0 aliphatic rings. The van der Waals surface area contributed by atoms with Crippen LogP contribution in [0.4, 0.5) is 5.95 Å². The molecule has 18 heavy (non-hydrogen) atoms. The summed E-state index contributed by atoms with van der Waals surface area (Å²) in [6.45, 7) is 2.06. The van der Waals surface area contributed by atoms with Gasteiger partial charge in [0.25, 0.3) is 0 Å². The Bertz CT molecular complexity index is 495. The van der Waals surface area contributed by atoms with E-state index in [-0.39, 0.29) is 5.91 Å². The number of thioether (sulfide) groups is 1. The van der Waals surface area contributed by atoms with E-state index >= 15 is 0 Å². The summed E-state index contributed by atoms with van der Waals surface area (Å²) in [7, 11) is 0. The molecule has 0 spiro atoms. The van der Waals surface area contributed by atoms with E-state index in [0.717, 1.165) is 5.75 Å². The second kappa shape index (κ2) is 6.20. The van der Waals surface area contributed by atoms with Crippen molar-refractivity contribution in [3.05, 3.63) is 41.7 Å². The zero-order chi connectivity index (χ0) is 12.8. The molecule has 2 rings (SSSR count). The van der Waals surface area contributed by atoms with Gasteiger partial charge in [0, 0.05) is 5.75 Å². The van der Waals surface area contributed by atoms with Crippen LogP contribution >= 0.6 is 11.8 Å². The van der Waals surface area contributed by atoms with Crippen LogP contribution in [0.2, 0.25) is 0 Å². The lowest BCUT2D eigenvalue weighted by atomic mass is 10.2. The van der Waals surface area contributed by atoms with Crippen molar-refractivity contribution in [1.29, 1.82) is 0 Å². The smallest absolute Gasteiger partial charge is 0.236 e. The van der Waals surface area contributed by atoms with Crippen LogP contribution in [0.1, 0.15) is 11.1 Å². The van der Waals surface area contributed by atoms with E-state index in [1.54, 1.807) is 11.8 Å². The number of carbonyl (C=O) groups excluding carboxylic acids is 1. The predicted molar refractivity (Wildman–Crippen MR) is 72.4 cm³/mol. The lowest BCUT2D eigenvalue weighted by molar-refractivity contribution is -0.113. The van der Waals surface area contributed by atoms with E-state index in [9.17, 15) is 4.79 Å². The number of hydrogen-bond acceptors (Lipinski definition) is 4. The van der Waals surface area contributed by atoms with E-state index in [1.807, 2.05) is 0 Å². The van der Waals surface area contributed by atoms with Gasteiger partial charge in [-0.3, -0.25) is 10.1 Å². The van der Waals surface area contributed by atoms with Crippen molar-refractivity contribution in [2.75, 3.05) is 11.1 Å². The molecule has 1 aromatic heterocycles. The molecule has 2 N–H and O–H groups in total. The second-order valence-electron chi connectivity index (χ2n) is 3.86. The minimum atomic E-state index is -0.0798. The average molecular weight is 262 g/mol. The van der Waals surface area contributed by atoms with Crippen molar-refractivity contribution >= 4 is 23.6 Å². The number of hydrogen-bond donors (Lipinski definition) is 2. The topological polar surface area (TPSA) is 70.7 Å². The summed E-state index contributed by atoms with van der Waals surface area (Å²) < 4.78 is 0. The summed E-state index contributed by atoms with van der Waals surface area (Å²) >= 11 is 1.57. The molecule has 0 saturated heterocycles. The summed E-state index contributed by atoms with van der Waals surface area (Å²) in [6.07, 6.45) is 1.36. The molecule has 0 atom stereocenters. The van der Waals surface area contributed by atoms with Crippen LogP contribution in [-0.2, 0) is 10.5 Å². The van der Waals surface area contributed by atoms with Crippen LogP contribution in [0.15, 0.2) is 30.6 Å².